The second-order valence-electron chi connectivity index (χ2n) is 7.49. The van der Waals surface area contributed by atoms with E-state index in [9.17, 15) is 4.79 Å². The lowest BCUT2D eigenvalue weighted by Gasteiger charge is -2.44. The quantitative estimate of drug-likeness (QED) is 0.733. The van der Waals surface area contributed by atoms with Crippen molar-refractivity contribution in [3.05, 3.63) is 66.2 Å². The third kappa shape index (κ3) is 6.61. The molecule has 0 saturated carbocycles. The van der Waals surface area contributed by atoms with E-state index in [1.54, 1.807) is 4.90 Å². The Bertz CT molecular complexity index is 752. The van der Waals surface area contributed by atoms with Gasteiger partial charge >= 0.3 is 0 Å². The Morgan fingerprint density at radius 2 is 1.72 bits per heavy atom. The van der Waals surface area contributed by atoms with Crippen molar-refractivity contribution in [1.82, 2.24) is 9.80 Å². The predicted octanol–water partition coefficient (Wildman–Crippen LogP) is 2.96. The Hall–Kier alpha value is -2.86. The molecule has 1 atom stereocenters. The summed E-state index contributed by atoms with van der Waals surface area (Å²) in [6, 6.07) is 20.6. The number of likely N-dealkylation sites (tertiary alicyclic amines) is 1. The Morgan fingerprint density at radius 1 is 1.14 bits per heavy atom. The van der Waals surface area contributed by atoms with Gasteiger partial charge in [-0.25, -0.2) is 0 Å². The van der Waals surface area contributed by atoms with E-state index in [1.165, 1.54) is 5.56 Å². The van der Waals surface area contributed by atoms with E-state index in [0.29, 0.717) is 0 Å². The highest BCUT2D eigenvalue weighted by Gasteiger charge is 2.43. The van der Waals surface area contributed by atoms with Crippen LogP contribution in [0, 0.1) is 0 Å². The molecule has 0 aliphatic carbocycles. The number of benzene rings is 2. The van der Waals surface area contributed by atoms with E-state index in [2.05, 4.69) is 40.5 Å². The van der Waals surface area contributed by atoms with Gasteiger partial charge in [0.15, 0.2) is 0 Å². The summed E-state index contributed by atoms with van der Waals surface area (Å²) >= 11 is 0. The van der Waals surface area contributed by atoms with Crippen LogP contribution < -0.4 is 5.32 Å². The van der Waals surface area contributed by atoms with Gasteiger partial charge in [0.25, 0.3) is 6.47 Å². The maximum atomic E-state index is 13.1. The minimum atomic E-state index is -0.556. The molecule has 2 aromatic carbocycles. The van der Waals surface area contributed by atoms with Gasteiger partial charge in [-0.3, -0.25) is 9.59 Å². The van der Waals surface area contributed by atoms with Gasteiger partial charge in [0.05, 0.1) is 0 Å². The van der Waals surface area contributed by atoms with Gasteiger partial charge in [-0.1, -0.05) is 48.5 Å². The molecule has 1 aliphatic heterocycles. The third-order valence-electron chi connectivity index (χ3n) is 5.10. The van der Waals surface area contributed by atoms with Crippen LogP contribution in [0.5, 0.6) is 0 Å². The molecule has 1 heterocycles. The van der Waals surface area contributed by atoms with Crippen LogP contribution in [0.15, 0.2) is 60.7 Å². The largest absolute Gasteiger partial charge is 0.483 e. The Labute approximate surface area is 173 Å². The minimum absolute atomic E-state index is 0.158. The minimum Gasteiger partial charge on any atom is -0.483 e. The molecule has 1 amide bonds. The van der Waals surface area contributed by atoms with Gasteiger partial charge in [0, 0.05) is 32.9 Å². The van der Waals surface area contributed by atoms with E-state index < -0.39 is 5.54 Å². The van der Waals surface area contributed by atoms with E-state index >= 15 is 0 Å². The topological polar surface area (TPSA) is 72.9 Å². The molecular formula is C23H31N3O3. The molecule has 3 rings (SSSR count). The summed E-state index contributed by atoms with van der Waals surface area (Å²) in [6.07, 6.45) is 2.90. The number of rotatable bonds is 6. The first-order valence-corrected chi connectivity index (χ1v) is 9.90. The maximum Gasteiger partial charge on any atom is 0.290 e. The molecule has 29 heavy (non-hydrogen) atoms. The van der Waals surface area contributed by atoms with Gasteiger partial charge in [0.1, 0.15) is 5.54 Å². The standard InChI is InChI=1S/C22H29N3O.CH2O2/c1-24(2)21(26)22(23-20-12-7-4-8-13-20)15-9-16-25(18-22)17-14-19-10-5-3-6-11-19;2-1-3/h3-8,10-13,23H,9,14-18H2,1-2H3;1H,(H,2,3). The van der Waals surface area contributed by atoms with Gasteiger partial charge < -0.3 is 20.2 Å². The summed E-state index contributed by atoms with van der Waals surface area (Å²) in [5, 5.41) is 10.5. The Kier molecular flexibility index (Phi) is 8.68. The predicted molar refractivity (Wildman–Crippen MR) is 116 cm³/mol. The number of carboxylic acid groups (broad SMARTS) is 1. The van der Waals surface area contributed by atoms with Gasteiger partial charge in [0.2, 0.25) is 5.91 Å². The number of amides is 1. The number of para-hydroxylation sites is 1. The molecule has 1 fully saturated rings. The molecule has 2 aromatic rings. The summed E-state index contributed by atoms with van der Waals surface area (Å²) in [7, 11) is 3.69. The highest BCUT2D eigenvalue weighted by molar-refractivity contribution is 5.89. The summed E-state index contributed by atoms with van der Waals surface area (Å²) in [6.45, 7) is 2.51. The highest BCUT2D eigenvalue weighted by Crippen LogP contribution is 2.28. The zero-order chi connectivity index (χ0) is 21.1. The number of hydrogen-bond acceptors (Lipinski definition) is 4. The second kappa shape index (κ2) is 11.2. The number of likely N-dealkylation sites (N-methyl/N-ethyl adjacent to an activating group) is 1. The van der Waals surface area contributed by atoms with E-state index in [1.807, 2.05) is 44.4 Å². The van der Waals surface area contributed by atoms with E-state index in [4.69, 9.17) is 9.90 Å². The normalized spacial score (nSPS) is 18.8. The number of nitrogens with one attached hydrogen (secondary N) is 1. The first kappa shape index (κ1) is 22.4. The first-order chi connectivity index (χ1) is 14.0. The average Bonchev–Trinajstić information content (AvgIpc) is 2.74. The molecule has 0 radical (unpaired) electrons. The molecule has 6 nitrogen and oxygen atoms in total. The fraction of sp³-hybridized carbons (Fsp3) is 0.391. The summed E-state index contributed by atoms with van der Waals surface area (Å²) in [5.41, 5.74) is 1.80. The Balaban J connectivity index is 0.000000941. The van der Waals surface area contributed by atoms with Crippen LogP contribution in [-0.2, 0) is 16.0 Å². The second-order valence-corrected chi connectivity index (χ2v) is 7.49. The molecule has 1 aliphatic rings. The zero-order valence-electron chi connectivity index (χ0n) is 17.3. The smallest absolute Gasteiger partial charge is 0.290 e. The fourth-order valence-corrected chi connectivity index (χ4v) is 3.82. The number of carbonyl (C=O) groups excluding carboxylic acids is 1. The van der Waals surface area contributed by atoms with Crippen LogP contribution in [0.2, 0.25) is 0 Å². The number of nitrogens with zero attached hydrogens (tertiary/aromatic N) is 2. The molecule has 0 spiro atoms. The van der Waals surface area contributed by atoms with Crippen molar-refractivity contribution < 1.29 is 14.7 Å². The lowest BCUT2D eigenvalue weighted by molar-refractivity contribution is -0.135. The molecule has 2 N–H and O–H groups in total. The van der Waals surface area contributed by atoms with Crippen molar-refractivity contribution in [3.8, 4) is 0 Å². The van der Waals surface area contributed by atoms with Crippen molar-refractivity contribution in [2.45, 2.75) is 24.8 Å². The SMILES string of the molecule is CN(C)C(=O)C1(Nc2ccccc2)CCCN(CCc2ccccc2)C1.O=CO. The molecular weight excluding hydrogens is 366 g/mol. The van der Waals surface area contributed by atoms with Gasteiger partial charge in [-0.15, -0.1) is 0 Å². The average molecular weight is 398 g/mol. The van der Waals surface area contributed by atoms with Crippen LogP contribution in [0.3, 0.4) is 0 Å². The van der Waals surface area contributed by atoms with Crippen LogP contribution in [0.1, 0.15) is 18.4 Å². The molecule has 6 heteroatoms. The van der Waals surface area contributed by atoms with Crippen molar-refractivity contribution in [2.24, 2.45) is 0 Å². The fourth-order valence-electron chi connectivity index (χ4n) is 3.82. The molecule has 0 bridgehead atoms. The van der Waals surface area contributed by atoms with Crippen molar-refractivity contribution in [3.63, 3.8) is 0 Å². The number of carbonyl (C=O) groups is 2. The van der Waals surface area contributed by atoms with Gasteiger partial charge in [-0.2, -0.15) is 0 Å². The van der Waals surface area contributed by atoms with E-state index in [0.717, 1.165) is 44.6 Å². The summed E-state index contributed by atoms with van der Waals surface area (Å²) in [5.74, 6) is 0.158. The Morgan fingerprint density at radius 3 is 2.31 bits per heavy atom. The van der Waals surface area contributed by atoms with Crippen LogP contribution >= 0.6 is 0 Å². The highest BCUT2D eigenvalue weighted by atomic mass is 16.3. The van der Waals surface area contributed by atoms with Crippen LogP contribution in [-0.4, -0.2) is 66.6 Å². The van der Waals surface area contributed by atoms with Crippen molar-refractivity contribution in [1.29, 1.82) is 0 Å². The van der Waals surface area contributed by atoms with Crippen molar-refractivity contribution in [2.75, 3.05) is 39.0 Å². The summed E-state index contributed by atoms with van der Waals surface area (Å²) in [4.78, 5) is 25.6. The lowest BCUT2D eigenvalue weighted by Crippen LogP contribution is -2.61. The zero-order valence-corrected chi connectivity index (χ0v) is 17.3. The number of anilines is 1. The van der Waals surface area contributed by atoms with Crippen LogP contribution in [0.4, 0.5) is 5.69 Å². The molecule has 156 valence electrons. The molecule has 1 unspecified atom stereocenters. The van der Waals surface area contributed by atoms with Gasteiger partial charge in [-0.05, 0) is 43.5 Å². The maximum absolute atomic E-state index is 13.1. The van der Waals surface area contributed by atoms with Crippen LogP contribution in [0.25, 0.3) is 0 Å². The summed E-state index contributed by atoms with van der Waals surface area (Å²) < 4.78 is 0. The third-order valence-corrected chi connectivity index (χ3v) is 5.10. The molecule has 0 aromatic heterocycles. The molecule has 1 saturated heterocycles. The van der Waals surface area contributed by atoms with E-state index in [-0.39, 0.29) is 12.4 Å². The first-order valence-electron chi connectivity index (χ1n) is 9.90. The van der Waals surface area contributed by atoms with Crippen molar-refractivity contribution >= 4 is 18.1 Å². The monoisotopic (exact) mass is 397 g/mol. The lowest BCUT2D eigenvalue weighted by atomic mass is 9.86. The number of piperidine rings is 1. The number of hydrogen-bond donors (Lipinski definition) is 2.